The van der Waals surface area contributed by atoms with Gasteiger partial charge in [-0.15, -0.1) is 24.8 Å². The molecule has 5 heteroatoms. The quantitative estimate of drug-likeness (QED) is 0.894. The Morgan fingerprint density at radius 3 is 2.33 bits per heavy atom. The second kappa shape index (κ2) is 9.62. The maximum absolute atomic E-state index is 14.3. The summed E-state index contributed by atoms with van der Waals surface area (Å²) < 4.78 is 14.3. The standard InChI is InChI=1S/C16H25FN2.2ClH/c1-12(2)10-16(19-8-6-18-7-9-19)14-5-4-13(3)11-15(14)17;;/h4-5,11-12,16,18H,6-10H2,1-3H3;2*1H/t16-;;/m0../s1. The van der Waals surface area contributed by atoms with Gasteiger partial charge in [0.2, 0.25) is 0 Å². The molecule has 1 aromatic carbocycles. The molecule has 0 aromatic heterocycles. The average Bonchev–Trinajstić information content (AvgIpc) is 2.37. The minimum atomic E-state index is -0.0517. The lowest BCUT2D eigenvalue weighted by Gasteiger charge is -2.36. The monoisotopic (exact) mass is 336 g/mol. The Labute approximate surface area is 140 Å². The highest BCUT2D eigenvalue weighted by Crippen LogP contribution is 2.30. The van der Waals surface area contributed by atoms with Gasteiger partial charge in [0, 0.05) is 37.8 Å². The number of rotatable bonds is 4. The fraction of sp³-hybridized carbons (Fsp3) is 0.625. The minimum Gasteiger partial charge on any atom is -0.314 e. The second-order valence-corrected chi connectivity index (χ2v) is 5.96. The van der Waals surface area contributed by atoms with Crippen molar-refractivity contribution < 1.29 is 4.39 Å². The molecule has 0 unspecified atom stereocenters. The van der Waals surface area contributed by atoms with Crippen LogP contribution in [0.5, 0.6) is 0 Å². The van der Waals surface area contributed by atoms with Crippen LogP contribution in [0.1, 0.15) is 37.4 Å². The molecule has 1 heterocycles. The molecule has 0 aliphatic carbocycles. The molecule has 0 radical (unpaired) electrons. The van der Waals surface area contributed by atoms with Crippen LogP contribution in [-0.4, -0.2) is 31.1 Å². The van der Waals surface area contributed by atoms with Crippen LogP contribution in [0.4, 0.5) is 4.39 Å². The van der Waals surface area contributed by atoms with Gasteiger partial charge in [-0.1, -0.05) is 26.0 Å². The largest absolute Gasteiger partial charge is 0.314 e. The number of hydrogen-bond acceptors (Lipinski definition) is 2. The number of nitrogens with zero attached hydrogens (tertiary/aromatic N) is 1. The number of halogens is 3. The summed E-state index contributed by atoms with van der Waals surface area (Å²) in [5.41, 5.74) is 1.85. The summed E-state index contributed by atoms with van der Waals surface area (Å²) in [5.74, 6) is 0.518. The van der Waals surface area contributed by atoms with E-state index in [1.165, 1.54) is 0 Å². The molecule has 1 aliphatic heterocycles. The van der Waals surface area contributed by atoms with Gasteiger partial charge in [-0.05, 0) is 30.9 Å². The summed E-state index contributed by atoms with van der Waals surface area (Å²) in [7, 11) is 0. The highest BCUT2D eigenvalue weighted by molar-refractivity contribution is 5.85. The van der Waals surface area contributed by atoms with Crippen LogP contribution in [0.15, 0.2) is 18.2 Å². The molecular formula is C16H27Cl2FN2. The van der Waals surface area contributed by atoms with E-state index >= 15 is 0 Å². The van der Waals surface area contributed by atoms with Crippen LogP contribution >= 0.6 is 24.8 Å². The molecule has 1 aromatic rings. The third kappa shape index (κ3) is 5.74. The Kier molecular flexibility index (Phi) is 9.46. The molecular weight excluding hydrogens is 310 g/mol. The summed E-state index contributed by atoms with van der Waals surface area (Å²) in [5, 5.41) is 3.36. The molecule has 21 heavy (non-hydrogen) atoms. The number of nitrogens with one attached hydrogen (secondary N) is 1. The van der Waals surface area contributed by atoms with E-state index in [-0.39, 0.29) is 36.7 Å². The van der Waals surface area contributed by atoms with Crippen molar-refractivity contribution in [3.05, 3.63) is 35.1 Å². The molecule has 2 rings (SSSR count). The van der Waals surface area contributed by atoms with E-state index in [2.05, 4.69) is 24.1 Å². The van der Waals surface area contributed by atoms with Gasteiger partial charge in [0.25, 0.3) is 0 Å². The average molecular weight is 337 g/mol. The number of benzene rings is 1. The van der Waals surface area contributed by atoms with Gasteiger partial charge >= 0.3 is 0 Å². The van der Waals surface area contributed by atoms with Crippen molar-refractivity contribution in [1.82, 2.24) is 10.2 Å². The van der Waals surface area contributed by atoms with E-state index in [1.807, 2.05) is 19.1 Å². The Morgan fingerprint density at radius 2 is 1.81 bits per heavy atom. The molecule has 0 spiro atoms. The van der Waals surface area contributed by atoms with Crippen LogP contribution in [0, 0.1) is 18.7 Å². The lowest BCUT2D eigenvalue weighted by molar-refractivity contribution is 0.151. The number of aryl methyl sites for hydroxylation is 1. The first-order chi connectivity index (χ1) is 9.08. The van der Waals surface area contributed by atoms with Crippen molar-refractivity contribution in [2.75, 3.05) is 26.2 Å². The van der Waals surface area contributed by atoms with E-state index in [0.717, 1.165) is 43.7 Å². The van der Waals surface area contributed by atoms with Gasteiger partial charge in [0.1, 0.15) is 5.82 Å². The predicted octanol–water partition coefficient (Wildman–Crippen LogP) is 3.97. The van der Waals surface area contributed by atoms with Crippen LogP contribution < -0.4 is 5.32 Å². The smallest absolute Gasteiger partial charge is 0.128 e. The summed E-state index contributed by atoms with van der Waals surface area (Å²) >= 11 is 0. The molecule has 2 nitrogen and oxygen atoms in total. The molecule has 122 valence electrons. The van der Waals surface area contributed by atoms with Crippen molar-refractivity contribution >= 4 is 24.8 Å². The van der Waals surface area contributed by atoms with E-state index in [0.29, 0.717) is 5.92 Å². The lowest BCUT2D eigenvalue weighted by atomic mass is 9.94. The molecule has 0 saturated carbocycles. The van der Waals surface area contributed by atoms with Crippen molar-refractivity contribution in [3.63, 3.8) is 0 Å². The van der Waals surface area contributed by atoms with Crippen molar-refractivity contribution in [1.29, 1.82) is 0 Å². The van der Waals surface area contributed by atoms with Gasteiger partial charge in [0.05, 0.1) is 0 Å². The topological polar surface area (TPSA) is 15.3 Å². The molecule has 1 fully saturated rings. The van der Waals surface area contributed by atoms with Crippen LogP contribution in [-0.2, 0) is 0 Å². The molecule has 1 atom stereocenters. The maximum atomic E-state index is 14.3. The highest BCUT2D eigenvalue weighted by atomic mass is 35.5. The summed E-state index contributed by atoms with van der Waals surface area (Å²) in [4.78, 5) is 2.42. The fourth-order valence-corrected chi connectivity index (χ4v) is 2.82. The summed E-state index contributed by atoms with van der Waals surface area (Å²) in [6, 6.07) is 5.86. The highest BCUT2D eigenvalue weighted by Gasteiger charge is 2.25. The molecule has 1 saturated heterocycles. The van der Waals surface area contributed by atoms with Crippen LogP contribution in [0.3, 0.4) is 0 Å². The van der Waals surface area contributed by atoms with Crippen molar-refractivity contribution in [3.8, 4) is 0 Å². The maximum Gasteiger partial charge on any atom is 0.128 e. The van der Waals surface area contributed by atoms with Gasteiger partial charge in [-0.3, -0.25) is 4.90 Å². The van der Waals surface area contributed by atoms with Gasteiger partial charge in [0.15, 0.2) is 0 Å². The lowest BCUT2D eigenvalue weighted by Crippen LogP contribution is -2.45. The predicted molar refractivity (Wildman–Crippen MR) is 92.3 cm³/mol. The normalized spacial score (nSPS) is 17.0. The first kappa shape index (κ1) is 20.6. The van der Waals surface area contributed by atoms with E-state index in [1.54, 1.807) is 6.07 Å². The van der Waals surface area contributed by atoms with Crippen molar-refractivity contribution in [2.45, 2.75) is 33.2 Å². The van der Waals surface area contributed by atoms with Gasteiger partial charge < -0.3 is 5.32 Å². The Morgan fingerprint density at radius 1 is 1.19 bits per heavy atom. The van der Waals surface area contributed by atoms with Crippen LogP contribution in [0.2, 0.25) is 0 Å². The van der Waals surface area contributed by atoms with E-state index in [4.69, 9.17) is 0 Å². The SMILES string of the molecule is Cc1ccc([C@H](CC(C)C)N2CCNCC2)c(F)c1.Cl.Cl. The molecule has 1 aliphatic rings. The minimum absolute atomic E-state index is 0. The van der Waals surface area contributed by atoms with Gasteiger partial charge in [-0.2, -0.15) is 0 Å². The Hall–Kier alpha value is -0.350. The summed E-state index contributed by atoms with van der Waals surface area (Å²) in [6.07, 6.45) is 1.01. The molecule has 1 N–H and O–H groups in total. The molecule has 0 amide bonds. The van der Waals surface area contributed by atoms with E-state index in [9.17, 15) is 4.39 Å². The van der Waals surface area contributed by atoms with E-state index < -0.39 is 0 Å². The zero-order valence-electron chi connectivity index (χ0n) is 13.1. The Bertz CT molecular complexity index is 421. The molecule has 0 bridgehead atoms. The third-order valence-corrected chi connectivity index (χ3v) is 3.80. The van der Waals surface area contributed by atoms with Gasteiger partial charge in [-0.25, -0.2) is 4.39 Å². The number of hydrogen-bond donors (Lipinski definition) is 1. The first-order valence-corrected chi connectivity index (χ1v) is 7.28. The zero-order valence-corrected chi connectivity index (χ0v) is 14.7. The third-order valence-electron chi connectivity index (χ3n) is 3.80. The van der Waals surface area contributed by atoms with Crippen LogP contribution in [0.25, 0.3) is 0 Å². The number of piperazine rings is 1. The Balaban J connectivity index is 0.00000200. The summed E-state index contributed by atoms with van der Waals surface area (Å²) in [6.45, 7) is 10.4. The first-order valence-electron chi connectivity index (χ1n) is 7.28. The second-order valence-electron chi connectivity index (χ2n) is 5.96. The fourth-order valence-electron chi connectivity index (χ4n) is 2.82. The zero-order chi connectivity index (χ0) is 13.8. The van der Waals surface area contributed by atoms with Crippen molar-refractivity contribution in [2.24, 2.45) is 5.92 Å².